The van der Waals surface area contributed by atoms with E-state index in [0.717, 1.165) is 13.0 Å². The third kappa shape index (κ3) is 4.58. The van der Waals surface area contributed by atoms with Gasteiger partial charge in [-0.25, -0.2) is 0 Å². The first-order valence-corrected chi connectivity index (χ1v) is 8.36. The number of hydrogen-bond acceptors (Lipinski definition) is 2. The van der Waals surface area contributed by atoms with Gasteiger partial charge in [0.2, 0.25) is 0 Å². The molecule has 0 saturated carbocycles. The van der Waals surface area contributed by atoms with Gasteiger partial charge in [0.05, 0.1) is 0 Å². The van der Waals surface area contributed by atoms with Crippen molar-refractivity contribution in [1.82, 2.24) is 0 Å². The van der Waals surface area contributed by atoms with E-state index in [1.54, 1.807) is 0 Å². The first-order chi connectivity index (χ1) is 6.20. The Bertz CT molecular complexity index is 161. The highest BCUT2D eigenvalue weighted by atomic mass is 28.4. The molecule has 0 aromatic rings. The number of hydrogen-bond donors (Lipinski definition) is 1. The molecule has 0 aliphatic carbocycles. The molecule has 0 aliphatic rings. The SMILES string of the molecule is C[C@@H](CO)CCO[Si](C)(C)C(C)(C)C. The molecule has 3 heteroatoms. The number of rotatable bonds is 5. The quantitative estimate of drug-likeness (QED) is 0.719. The van der Waals surface area contributed by atoms with E-state index in [9.17, 15) is 0 Å². The Morgan fingerprint density at radius 2 is 1.79 bits per heavy atom. The standard InChI is InChI=1S/C11H26O2Si/c1-10(9-12)7-8-13-14(5,6)11(2,3)4/h10,12H,7-9H2,1-6H3/t10-/m1/s1. The summed E-state index contributed by atoms with van der Waals surface area (Å²) in [6.07, 6.45) is 0.961. The monoisotopic (exact) mass is 218 g/mol. The topological polar surface area (TPSA) is 29.5 Å². The van der Waals surface area contributed by atoms with Crippen molar-refractivity contribution in [2.75, 3.05) is 13.2 Å². The molecule has 0 bridgehead atoms. The third-order valence-corrected chi connectivity index (χ3v) is 7.73. The maximum atomic E-state index is 8.88. The molecule has 0 fully saturated rings. The molecular weight excluding hydrogens is 192 g/mol. The lowest BCUT2D eigenvalue weighted by Crippen LogP contribution is -2.41. The van der Waals surface area contributed by atoms with Gasteiger partial charge >= 0.3 is 0 Å². The van der Waals surface area contributed by atoms with Crippen LogP contribution in [0.15, 0.2) is 0 Å². The van der Waals surface area contributed by atoms with Crippen molar-refractivity contribution in [2.45, 2.75) is 52.2 Å². The Balaban J connectivity index is 3.89. The van der Waals surface area contributed by atoms with Gasteiger partial charge < -0.3 is 9.53 Å². The Morgan fingerprint density at radius 1 is 1.29 bits per heavy atom. The van der Waals surface area contributed by atoms with Crippen LogP contribution in [-0.4, -0.2) is 26.6 Å². The molecule has 0 spiro atoms. The Labute approximate surface area is 89.8 Å². The van der Waals surface area contributed by atoms with Crippen LogP contribution in [0.1, 0.15) is 34.1 Å². The van der Waals surface area contributed by atoms with Crippen LogP contribution in [0.25, 0.3) is 0 Å². The maximum Gasteiger partial charge on any atom is 0.191 e. The lowest BCUT2D eigenvalue weighted by molar-refractivity contribution is 0.195. The van der Waals surface area contributed by atoms with Gasteiger partial charge in [-0.1, -0.05) is 27.7 Å². The van der Waals surface area contributed by atoms with E-state index in [1.165, 1.54) is 0 Å². The van der Waals surface area contributed by atoms with Gasteiger partial charge in [0.15, 0.2) is 8.32 Å². The molecule has 1 atom stereocenters. The lowest BCUT2D eigenvalue weighted by atomic mass is 10.1. The normalized spacial score (nSPS) is 15.6. The summed E-state index contributed by atoms with van der Waals surface area (Å²) in [5, 5.41) is 9.17. The van der Waals surface area contributed by atoms with Crippen molar-refractivity contribution in [1.29, 1.82) is 0 Å². The summed E-state index contributed by atoms with van der Waals surface area (Å²) in [7, 11) is -1.57. The van der Waals surface area contributed by atoms with Gasteiger partial charge in [0, 0.05) is 13.2 Å². The van der Waals surface area contributed by atoms with Crippen LogP contribution in [0, 0.1) is 5.92 Å². The average molecular weight is 218 g/mol. The zero-order valence-electron chi connectivity index (χ0n) is 10.6. The Morgan fingerprint density at radius 3 is 2.14 bits per heavy atom. The van der Waals surface area contributed by atoms with E-state index in [4.69, 9.17) is 9.53 Å². The van der Waals surface area contributed by atoms with Crippen molar-refractivity contribution in [2.24, 2.45) is 5.92 Å². The summed E-state index contributed by atoms with van der Waals surface area (Å²) in [5.41, 5.74) is 0. The first kappa shape index (κ1) is 14.1. The van der Waals surface area contributed by atoms with Gasteiger partial charge in [-0.2, -0.15) is 0 Å². The van der Waals surface area contributed by atoms with Crippen LogP contribution < -0.4 is 0 Å². The molecule has 0 aromatic carbocycles. The maximum absolute atomic E-state index is 8.88. The van der Waals surface area contributed by atoms with Crippen molar-refractivity contribution in [3.05, 3.63) is 0 Å². The van der Waals surface area contributed by atoms with Crippen LogP contribution in [0.2, 0.25) is 18.1 Å². The third-order valence-electron chi connectivity index (χ3n) is 3.19. The van der Waals surface area contributed by atoms with E-state index in [0.29, 0.717) is 5.92 Å². The molecule has 2 nitrogen and oxygen atoms in total. The second-order valence-corrected chi connectivity index (χ2v) is 10.5. The predicted molar refractivity (Wildman–Crippen MR) is 64.0 cm³/mol. The van der Waals surface area contributed by atoms with E-state index >= 15 is 0 Å². The van der Waals surface area contributed by atoms with Crippen molar-refractivity contribution in [3.8, 4) is 0 Å². The number of aliphatic hydroxyl groups excluding tert-OH is 1. The molecule has 1 N–H and O–H groups in total. The second-order valence-electron chi connectivity index (χ2n) is 5.69. The molecule has 0 rings (SSSR count). The van der Waals surface area contributed by atoms with Crippen LogP contribution in [0.4, 0.5) is 0 Å². The van der Waals surface area contributed by atoms with Crippen molar-refractivity contribution >= 4 is 8.32 Å². The van der Waals surface area contributed by atoms with Gasteiger partial charge in [-0.05, 0) is 30.5 Å². The molecule has 0 unspecified atom stereocenters. The molecule has 86 valence electrons. The van der Waals surface area contributed by atoms with E-state index < -0.39 is 8.32 Å². The second kappa shape index (κ2) is 5.28. The van der Waals surface area contributed by atoms with E-state index in [2.05, 4.69) is 40.8 Å². The molecule has 0 amide bonds. The van der Waals surface area contributed by atoms with Crippen LogP contribution >= 0.6 is 0 Å². The predicted octanol–water partition coefficient (Wildman–Crippen LogP) is 3.03. The fraction of sp³-hybridized carbons (Fsp3) is 1.00. The number of aliphatic hydroxyl groups is 1. The summed E-state index contributed by atoms with van der Waals surface area (Å²) in [6, 6.07) is 0. The summed E-state index contributed by atoms with van der Waals surface area (Å²) >= 11 is 0. The van der Waals surface area contributed by atoms with Crippen LogP contribution in [0.5, 0.6) is 0 Å². The smallest absolute Gasteiger partial charge is 0.191 e. The van der Waals surface area contributed by atoms with Crippen molar-refractivity contribution in [3.63, 3.8) is 0 Å². The van der Waals surface area contributed by atoms with E-state index in [-0.39, 0.29) is 11.6 Å². The molecule has 0 aromatic heterocycles. The molecule has 0 saturated heterocycles. The summed E-state index contributed by atoms with van der Waals surface area (Å²) < 4.78 is 5.99. The fourth-order valence-corrected chi connectivity index (χ4v) is 1.88. The highest BCUT2D eigenvalue weighted by Gasteiger charge is 2.36. The minimum absolute atomic E-state index is 0.265. The highest BCUT2D eigenvalue weighted by Crippen LogP contribution is 2.36. The Kier molecular flexibility index (Phi) is 5.34. The minimum Gasteiger partial charge on any atom is -0.417 e. The molecular formula is C11H26O2Si. The first-order valence-electron chi connectivity index (χ1n) is 5.45. The summed E-state index contributed by atoms with van der Waals surface area (Å²) in [4.78, 5) is 0. The van der Waals surface area contributed by atoms with Crippen molar-refractivity contribution < 1.29 is 9.53 Å². The van der Waals surface area contributed by atoms with Gasteiger partial charge in [-0.3, -0.25) is 0 Å². The lowest BCUT2D eigenvalue weighted by Gasteiger charge is -2.36. The van der Waals surface area contributed by atoms with Gasteiger partial charge in [-0.15, -0.1) is 0 Å². The Hall–Kier alpha value is 0.137. The van der Waals surface area contributed by atoms with Gasteiger partial charge in [0.1, 0.15) is 0 Å². The average Bonchev–Trinajstić information content (AvgIpc) is 2.01. The molecule has 0 radical (unpaired) electrons. The fourth-order valence-electron chi connectivity index (χ4n) is 0.823. The molecule has 0 heterocycles. The van der Waals surface area contributed by atoms with E-state index in [1.807, 2.05) is 0 Å². The summed E-state index contributed by atoms with van der Waals surface area (Å²) in [5.74, 6) is 0.361. The minimum atomic E-state index is -1.57. The largest absolute Gasteiger partial charge is 0.417 e. The van der Waals surface area contributed by atoms with Crippen LogP contribution in [0.3, 0.4) is 0 Å². The zero-order valence-corrected chi connectivity index (χ0v) is 11.6. The molecule has 14 heavy (non-hydrogen) atoms. The zero-order chi connectivity index (χ0) is 11.4. The highest BCUT2D eigenvalue weighted by molar-refractivity contribution is 6.74. The van der Waals surface area contributed by atoms with Gasteiger partial charge in [0.25, 0.3) is 0 Å². The molecule has 0 aliphatic heterocycles. The van der Waals surface area contributed by atoms with Crippen LogP contribution in [-0.2, 0) is 4.43 Å². The summed E-state index contributed by atoms with van der Waals surface area (Å²) in [6.45, 7) is 14.4.